The van der Waals surface area contributed by atoms with Crippen LogP contribution in [-0.4, -0.2) is 41.9 Å². The molecule has 0 atom stereocenters. The van der Waals surface area contributed by atoms with Gasteiger partial charge in [-0.1, -0.05) is 55.8 Å². The van der Waals surface area contributed by atoms with Gasteiger partial charge in [0, 0.05) is 25.6 Å². The van der Waals surface area contributed by atoms with E-state index in [0.29, 0.717) is 12.5 Å². The third-order valence-corrected chi connectivity index (χ3v) is 5.99. The lowest BCUT2D eigenvalue weighted by molar-refractivity contribution is -0.137. The van der Waals surface area contributed by atoms with Gasteiger partial charge >= 0.3 is 0 Å². The topological polar surface area (TPSA) is 32.8 Å². The van der Waals surface area contributed by atoms with Crippen molar-refractivity contribution in [3.8, 4) is 5.75 Å². The lowest BCUT2D eigenvalue weighted by atomic mass is 9.94. The molecule has 4 heteroatoms. The summed E-state index contributed by atoms with van der Waals surface area (Å²) in [5, 5.41) is 0. The van der Waals surface area contributed by atoms with Crippen LogP contribution in [0, 0.1) is 5.92 Å². The number of rotatable bonds is 10. The van der Waals surface area contributed by atoms with Crippen molar-refractivity contribution in [1.82, 2.24) is 9.80 Å². The minimum absolute atomic E-state index is 0.201. The Kier molecular flexibility index (Phi) is 8.76. The highest BCUT2D eigenvalue weighted by atomic mass is 16.5. The van der Waals surface area contributed by atoms with E-state index in [1.807, 2.05) is 18.2 Å². The molecule has 2 aromatic rings. The zero-order chi connectivity index (χ0) is 21.2. The molecule has 30 heavy (non-hydrogen) atoms. The summed E-state index contributed by atoms with van der Waals surface area (Å²) in [6, 6.07) is 18.7. The fourth-order valence-corrected chi connectivity index (χ4v) is 4.06. The van der Waals surface area contributed by atoms with Gasteiger partial charge in [-0.15, -0.1) is 0 Å². The minimum atomic E-state index is 0.201. The van der Waals surface area contributed by atoms with Crippen LogP contribution in [0.15, 0.2) is 54.6 Å². The number of benzene rings is 2. The van der Waals surface area contributed by atoms with E-state index >= 15 is 0 Å². The molecule has 0 aromatic heterocycles. The lowest BCUT2D eigenvalue weighted by Gasteiger charge is -2.34. The van der Waals surface area contributed by atoms with Crippen LogP contribution in [0.3, 0.4) is 0 Å². The molecule has 1 fully saturated rings. The highest BCUT2D eigenvalue weighted by molar-refractivity contribution is 5.78. The fraction of sp³-hybridized carbons (Fsp3) is 0.500. The van der Waals surface area contributed by atoms with Crippen LogP contribution >= 0.6 is 0 Å². The zero-order valence-corrected chi connectivity index (χ0v) is 18.6. The van der Waals surface area contributed by atoms with Gasteiger partial charge in [0.15, 0.2) is 0 Å². The molecule has 0 N–H and O–H groups in total. The summed E-state index contributed by atoms with van der Waals surface area (Å²) in [6.45, 7) is 9.53. The maximum Gasteiger partial charge on any atom is 0.225 e. The first-order valence-corrected chi connectivity index (χ1v) is 11.5. The summed E-state index contributed by atoms with van der Waals surface area (Å²) < 4.78 is 5.88. The van der Waals surface area contributed by atoms with Crippen molar-refractivity contribution in [2.75, 3.05) is 26.2 Å². The van der Waals surface area contributed by atoms with Gasteiger partial charge in [-0.2, -0.15) is 0 Å². The predicted molar refractivity (Wildman–Crippen MR) is 122 cm³/mol. The lowest BCUT2D eigenvalue weighted by Crippen LogP contribution is -2.42. The number of piperidine rings is 1. The minimum Gasteiger partial charge on any atom is -0.489 e. The van der Waals surface area contributed by atoms with Crippen LogP contribution in [-0.2, 0) is 17.9 Å². The Labute approximate surface area is 181 Å². The summed E-state index contributed by atoms with van der Waals surface area (Å²) in [7, 11) is 0. The molecule has 1 amide bonds. The van der Waals surface area contributed by atoms with E-state index in [0.717, 1.165) is 64.2 Å². The number of unbranched alkanes of at least 4 members (excludes halogenated alkanes) is 1. The number of likely N-dealkylation sites (tertiary alicyclic amines) is 1. The second kappa shape index (κ2) is 11.8. The first-order chi connectivity index (χ1) is 14.7. The molecule has 1 aliphatic rings. The highest BCUT2D eigenvalue weighted by Crippen LogP contribution is 2.22. The number of amides is 1. The van der Waals surface area contributed by atoms with Crippen molar-refractivity contribution in [2.45, 2.75) is 52.7 Å². The monoisotopic (exact) mass is 408 g/mol. The third kappa shape index (κ3) is 6.60. The Balaban J connectivity index is 1.42. The number of carbonyl (C=O) groups is 1. The number of nitrogens with zero attached hydrogens (tertiary/aromatic N) is 2. The largest absolute Gasteiger partial charge is 0.489 e. The van der Waals surface area contributed by atoms with Gasteiger partial charge in [-0.3, -0.25) is 9.69 Å². The van der Waals surface area contributed by atoms with Crippen molar-refractivity contribution in [3.05, 3.63) is 65.7 Å². The van der Waals surface area contributed by atoms with Crippen molar-refractivity contribution in [2.24, 2.45) is 5.92 Å². The van der Waals surface area contributed by atoms with E-state index in [-0.39, 0.29) is 5.92 Å². The summed E-state index contributed by atoms with van der Waals surface area (Å²) in [4.78, 5) is 17.3. The van der Waals surface area contributed by atoms with Gasteiger partial charge in [-0.05, 0) is 62.5 Å². The Morgan fingerprint density at radius 3 is 2.33 bits per heavy atom. The molecule has 2 aromatic carbocycles. The van der Waals surface area contributed by atoms with Crippen LogP contribution < -0.4 is 4.74 Å². The predicted octanol–water partition coefficient (Wildman–Crippen LogP) is 5.13. The van der Waals surface area contributed by atoms with Crippen LogP contribution in [0.5, 0.6) is 5.75 Å². The van der Waals surface area contributed by atoms with Gasteiger partial charge < -0.3 is 9.64 Å². The van der Waals surface area contributed by atoms with Gasteiger partial charge in [0.05, 0.1) is 0 Å². The maximum atomic E-state index is 12.8. The molecule has 3 rings (SSSR count). The fourth-order valence-electron chi connectivity index (χ4n) is 4.06. The molecule has 4 nitrogen and oxygen atoms in total. The molecule has 0 bridgehead atoms. The molecule has 1 aliphatic heterocycles. The number of ether oxygens (including phenoxy) is 1. The summed E-state index contributed by atoms with van der Waals surface area (Å²) >= 11 is 0. The molecule has 0 unspecified atom stereocenters. The van der Waals surface area contributed by atoms with E-state index in [2.05, 4.69) is 60.0 Å². The van der Waals surface area contributed by atoms with Crippen LogP contribution in [0.1, 0.15) is 50.7 Å². The summed E-state index contributed by atoms with van der Waals surface area (Å²) in [5.41, 5.74) is 2.47. The molecule has 0 radical (unpaired) electrons. The van der Waals surface area contributed by atoms with E-state index in [1.54, 1.807) is 0 Å². The van der Waals surface area contributed by atoms with Gasteiger partial charge in [-0.25, -0.2) is 0 Å². The second-order valence-corrected chi connectivity index (χ2v) is 8.24. The van der Waals surface area contributed by atoms with Crippen LogP contribution in [0.4, 0.5) is 0 Å². The van der Waals surface area contributed by atoms with Crippen molar-refractivity contribution >= 4 is 5.91 Å². The van der Waals surface area contributed by atoms with Gasteiger partial charge in [0.2, 0.25) is 5.91 Å². The first-order valence-electron chi connectivity index (χ1n) is 11.5. The van der Waals surface area contributed by atoms with Crippen LogP contribution in [0.25, 0.3) is 0 Å². The number of hydrogen-bond donors (Lipinski definition) is 0. The molecular formula is C26H36N2O2. The summed E-state index contributed by atoms with van der Waals surface area (Å²) in [5.74, 6) is 1.47. The molecule has 1 heterocycles. The van der Waals surface area contributed by atoms with Crippen molar-refractivity contribution in [3.63, 3.8) is 0 Å². The maximum absolute atomic E-state index is 12.8. The SMILES string of the molecule is CCCCN(CC)C(=O)C1CCN(Cc2ccc(OCc3ccccc3)cc2)CC1. The number of carbonyl (C=O) groups excluding carboxylic acids is 1. The highest BCUT2D eigenvalue weighted by Gasteiger charge is 2.27. The molecule has 0 saturated carbocycles. The Morgan fingerprint density at radius 1 is 1.00 bits per heavy atom. The van der Waals surface area contributed by atoms with Crippen molar-refractivity contribution < 1.29 is 9.53 Å². The Morgan fingerprint density at radius 2 is 1.70 bits per heavy atom. The van der Waals surface area contributed by atoms with E-state index in [4.69, 9.17) is 4.74 Å². The van der Waals surface area contributed by atoms with E-state index in [9.17, 15) is 4.79 Å². The quantitative estimate of drug-likeness (QED) is 0.547. The van der Waals surface area contributed by atoms with Gasteiger partial charge in [0.1, 0.15) is 12.4 Å². The van der Waals surface area contributed by atoms with E-state index in [1.165, 1.54) is 11.1 Å². The Bertz CT molecular complexity index is 752. The van der Waals surface area contributed by atoms with Gasteiger partial charge in [0.25, 0.3) is 0 Å². The average Bonchev–Trinajstić information content (AvgIpc) is 2.80. The smallest absolute Gasteiger partial charge is 0.225 e. The van der Waals surface area contributed by atoms with E-state index < -0.39 is 0 Å². The molecule has 162 valence electrons. The number of hydrogen-bond acceptors (Lipinski definition) is 3. The van der Waals surface area contributed by atoms with Crippen LogP contribution in [0.2, 0.25) is 0 Å². The van der Waals surface area contributed by atoms with Crippen molar-refractivity contribution in [1.29, 1.82) is 0 Å². The third-order valence-electron chi connectivity index (χ3n) is 5.99. The Hall–Kier alpha value is -2.33. The molecule has 0 spiro atoms. The molecule has 1 saturated heterocycles. The second-order valence-electron chi connectivity index (χ2n) is 8.24. The standard InChI is InChI=1S/C26H36N2O2/c1-3-5-17-28(4-2)26(29)24-15-18-27(19-16-24)20-22-11-13-25(14-12-22)30-21-23-9-7-6-8-10-23/h6-14,24H,3-5,15-21H2,1-2H3. The first kappa shape index (κ1) is 22.4. The molecule has 0 aliphatic carbocycles. The molecular weight excluding hydrogens is 372 g/mol. The zero-order valence-electron chi connectivity index (χ0n) is 18.6. The average molecular weight is 409 g/mol. The summed E-state index contributed by atoms with van der Waals surface area (Å²) in [6.07, 6.45) is 4.18. The normalized spacial score (nSPS) is 15.1.